The fraction of sp³-hybridized carbons (Fsp3) is 0.800. The second-order valence-electron chi connectivity index (χ2n) is 1.47. The van der Waals surface area contributed by atoms with Gasteiger partial charge >= 0.3 is 0 Å². The quantitative estimate of drug-likeness (QED) is 0.353. The Hall–Kier alpha value is 0.928. The van der Waals surface area contributed by atoms with Crippen LogP contribution in [-0.2, 0) is 25.8 Å². The average molecular weight is 246 g/mol. The summed E-state index contributed by atoms with van der Waals surface area (Å²) in [5.74, 6) is 0. The summed E-state index contributed by atoms with van der Waals surface area (Å²) in [7, 11) is 0. The van der Waals surface area contributed by atoms with E-state index in [1.54, 1.807) is 0 Å². The largest absolute Gasteiger partial charge is 0.479 e. The molecule has 0 heterocycles. The fourth-order valence-electron chi connectivity index (χ4n) is 0.304. The molecule has 0 aromatic rings. The zero-order chi connectivity index (χ0) is 6.41. The van der Waals surface area contributed by atoms with Crippen LogP contribution in [0.5, 0.6) is 0 Å². The van der Waals surface area contributed by atoms with Gasteiger partial charge in [0.1, 0.15) is 0 Å². The molecule has 4 heteroatoms. The topological polar surface area (TPSA) is 9.23 Å². The van der Waals surface area contributed by atoms with Crippen LogP contribution in [0.15, 0.2) is 0 Å². The first-order chi connectivity index (χ1) is 3.77. The van der Waals surface area contributed by atoms with Crippen molar-refractivity contribution in [1.29, 1.82) is 0 Å². The van der Waals surface area contributed by atoms with Crippen LogP contribution < -0.4 is 0 Å². The number of hydrogen-bond acceptors (Lipinski definition) is 2. The minimum Gasteiger partial charge on any atom is -0.479 e. The third-order valence-electron chi connectivity index (χ3n) is 0.723. The Bertz CT molecular complexity index is 77.4. The number of ether oxygens (including phenoxy) is 1. The Kier molecular flexibility index (Phi) is 12.5. The van der Waals surface area contributed by atoms with E-state index in [4.69, 9.17) is 4.74 Å². The third kappa shape index (κ3) is 12.2. The van der Waals surface area contributed by atoms with Crippen LogP contribution >= 0.6 is 24.8 Å². The molecule has 0 unspecified atom stereocenters. The van der Waals surface area contributed by atoms with Gasteiger partial charge in [-0.15, -0.1) is 0 Å². The number of thiocarbonyl (C=S) groups is 1. The zero-order valence-electron chi connectivity index (χ0n) is 5.29. The summed E-state index contributed by atoms with van der Waals surface area (Å²) in [5, 5.41) is 0. The molecule has 0 aliphatic carbocycles. The van der Waals surface area contributed by atoms with Crippen molar-refractivity contribution in [3.8, 4) is 0 Å². The predicted octanol–water partition coefficient (Wildman–Crippen LogP) is 2.02. The molecule has 0 amide bonds. The van der Waals surface area contributed by atoms with Crippen LogP contribution in [0.25, 0.3) is 0 Å². The van der Waals surface area contributed by atoms with Crippen LogP contribution in [-0.4, -0.2) is 11.0 Å². The molecule has 0 aliphatic rings. The molecule has 0 radical (unpaired) electrons. The van der Waals surface area contributed by atoms with Gasteiger partial charge in [-0.25, -0.2) is 0 Å². The maximum absolute atomic E-state index is 4.88. The van der Waals surface area contributed by atoms with Gasteiger partial charge < -0.3 is 4.74 Å². The number of hydrogen-bond donors (Lipinski definition) is 1. The second kappa shape index (κ2) is 8.93. The van der Waals surface area contributed by atoms with Crippen molar-refractivity contribution in [3.63, 3.8) is 0 Å². The van der Waals surface area contributed by atoms with Crippen molar-refractivity contribution in [1.82, 2.24) is 0 Å². The van der Waals surface area contributed by atoms with Gasteiger partial charge in [0.25, 0.3) is 0 Å². The SMILES string of the molecule is CCCCOC(=S)S.[Mo]. The minimum absolute atomic E-state index is 0. The summed E-state index contributed by atoms with van der Waals surface area (Å²) < 4.78 is 5.22. The van der Waals surface area contributed by atoms with Crippen molar-refractivity contribution in [2.24, 2.45) is 0 Å². The van der Waals surface area contributed by atoms with Gasteiger partial charge in [-0.3, -0.25) is 0 Å². The molecule has 0 aromatic carbocycles. The summed E-state index contributed by atoms with van der Waals surface area (Å²) in [4.78, 5) is 0. The van der Waals surface area contributed by atoms with Gasteiger partial charge in [0, 0.05) is 21.1 Å². The molecule has 0 spiro atoms. The summed E-state index contributed by atoms with van der Waals surface area (Å²) >= 11 is 8.33. The number of rotatable bonds is 3. The maximum Gasteiger partial charge on any atom is 0.216 e. The molecule has 1 nitrogen and oxygen atoms in total. The molecule has 0 fully saturated rings. The fourth-order valence-corrected chi connectivity index (χ4v) is 0.478. The van der Waals surface area contributed by atoms with Gasteiger partial charge in [-0.05, 0) is 18.6 Å². The van der Waals surface area contributed by atoms with E-state index >= 15 is 0 Å². The van der Waals surface area contributed by atoms with Crippen LogP contribution in [0.4, 0.5) is 0 Å². The van der Waals surface area contributed by atoms with Gasteiger partial charge in [0.05, 0.1) is 6.61 Å². The smallest absolute Gasteiger partial charge is 0.216 e. The van der Waals surface area contributed by atoms with E-state index < -0.39 is 0 Å². The molecule has 0 aliphatic heterocycles. The first-order valence-corrected chi connectivity index (χ1v) is 3.48. The second-order valence-corrected chi connectivity index (χ2v) is 2.55. The van der Waals surface area contributed by atoms with Crippen molar-refractivity contribution >= 4 is 29.2 Å². The van der Waals surface area contributed by atoms with E-state index in [0.717, 1.165) is 12.8 Å². The Morgan fingerprint density at radius 1 is 1.67 bits per heavy atom. The maximum atomic E-state index is 4.88. The molecule has 0 atom stereocenters. The predicted molar refractivity (Wildman–Crippen MR) is 42.4 cm³/mol. The Labute approximate surface area is 81.2 Å². The van der Waals surface area contributed by atoms with Crippen LogP contribution in [0, 0.1) is 0 Å². The molecule has 0 saturated heterocycles. The molecule has 0 aromatic heterocycles. The average Bonchev–Trinajstić information content (AvgIpc) is 1.66. The first-order valence-electron chi connectivity index (χ1n) is 2.63. The molecule has 0 N–H and O–H groups in total. The standard InChI is InChI=1S/C5H10OS2.Mo/c1-2-3-4-6-5(7)8;/h2-4H2,1H3,(H,7,8);. The summed E-state index contributed by atoms with van der Waals surface area (Å²) in [6, 6.07) is 0. The molecule has 54 valence electrons. The Morgan fingerprint density at radius 2 is 2.22 bits per heavy atom. The van der Waals surface area contributed by atoms with Crippen LogP contribution in [0.1, 0.15) is 19.8 Å². The monoisotopic (exact) mass is 248 g/mol. The number of unbranched alkanes of at least 4 members (excludes halogenated alkanes) is 1. The van der Waals surface area contributed by atoms with E-state index in [1.165, 1.54) is 0 Å². The van der Waals surface area contributed by atoms with Gasteiger partial charge in [0.2, 0.25) is 4.38 Å². The van der Waals surface area contributed by atoms with Gasteiger partial charge in [-0.2, -0.15) is 0 Å². The molecule has 9 heavy (non-hydrogen) atoms. The van der Waals surface area contributed by atoms with E-state index in [0.29, 0.717) is 11.0 Å². The summed E-state index contributed by atoms with van der Waals surface area (Å²) in [5.41, 5.74) is 0. The van der Waals surface area contributed by atoms with Crippen molar-refractivity contribution in [2.75, 3.05) is 6.61 Å². The van der Waals surface area contributed by atoms with E-state index in [2.05, 4.69) is 31.8 Å². The van der Waals surface area contributed by atoms with Crippen LogP contribution in [0.2, 0.25) is 0 Å². The molecular formula is C5H10MoOS2. The van der Waals surface area contributed by atoms with Crippen molar-refractivity contribution < 1.29 is 25.8 Å². The van der Waals surface area contributed by atoms with E-state index in [-0.39, 0.29) is 21.1 Å². The molecular weight excluding hydrogens is 236 g/mol. The van der Waals surface area contributed by atoms with Gasteiger partial charge in [-0.1, -0.05) is 26.0 Å². The van der Waals surface area contributed by atoms with Crippen molar-refractivity contribution in [3.05, 3.63) is 0 Å². The van der Waals surface area contributed by atoms with Gasteiger partial charge in [0.15, 0.2) is 0 Å². The molecule has 0 saturated carbocycles. The van der Waals surface area contributed by atoms with E-state index in [9.17, 15) is 0 Å². The molecule has 0 bridgehead atoms. The van der Waals surface area contributed by atoms with E-state index in [1.807, 2.05) is 0 Å². The Morgan fingerprint density at radius 3 is 2.56 bits per heavy atom. The number of thiol groups is 1. The first kappa shape index (κ1) is 12.6. The van der Waals surface area contributed by atoms with Crippen molar-refractivity contribution in [2.45, 2.75) is 19.8 Å². The zero-order valence-corrected chi connectivity index (χ0v) is 9.01. The Balaban J connectivity index is 0. The minimum atomic E-state index is 0. The normalized spacial score (nSPS) is 7.78. The summed E-state index contributed by atoms with van der Waals surface area (Å²) in [6.07, 6.45) is 2.19. The van der Waals surface area contributed by atoms with Crippen LogP contribution in [0.3, 0.4) is 0 Å². The summed E-state index contributed by atoms with van der Waals surface area (Å²) in [6.45, 7) is 2.81. The third-order valence-corrected chi connectivity index (χ3v) is 0.970. The molecule has 0 rings (SSSR count).